The molecule has 4 nitrogen and oxygen atoms in total. The summed E-state index contributed by atoms with van der Waals surface area (Å²) in [6.07, 6.45) is 6.89. The Hall–Kier alpha value is -1.23. The quantitative estimate of drug-likeness (QED) is 0.636. The van der Waals surface area contributed by atoms with E-state index in [4.69, 9.17) is 4.74 Å². The van der Waals surface area contributed by atoms with Gasteiger partial charge in [-0.1, -0.05) is 38.0 Å². The summed E-state index contributed by atoms with van der Waals surface area (Å²) >= 11 is 0. The number of hydrogen-bond donors (Lipinski definition) is 1. The van der Waals surface area contributed by atoms with Gasteiger partial charge in [-0.15, -0.1) is 24.8 Å². The van der Waals surface area contributed by atoms with E-state index < -0.39 is 5.97 Å². The highest BCUT2D eigenvalue weighted by atomic mass is 35.5. The molecular weight excluding hydrogens is 373 g/mol. The van der Waals surface area contributed by atoms with E-state index in [0.29, 0.717) is 0 Å². The van der Waals surface area contributed by atoms with E-state index in [1.54, 1.807) is 7.11 Å². The van der Waals surface area contributed by atoms with Crippen LogP contribution in [-0.4, -0.2) is 42.7 Å². The minimum atomic E-state index is -0.644. The molecule has 0 aromatic heterocycles. The zero-order valence-electron chi connectivity index (χ0n) is 15.6. The van der Waals surface area contributed by atoms with E-state index in [0.717, 1.165) is 57.5 Å². The fourth-order valence-electron chi connectivity index (χ4n) is 3.16. The van der Waals surface area contributed by atoms with Crippen LogP contribution in [0.15, 0.2) is 30.3 Å². The van der Waals surface area contributed by atoms with Gasteiger partial charge in [-0.3, -0.25) is 9.69 Å². The Bertz CT molecular complexity index is 561. The molecule has 1 aliphatic rings. The van der Waals surface area contributed by atoms with Crippen molar-refractivity contribution in [3.8, 4) is 5.75 Å². The van der Waals surface area contributed by atoms with Crippen molar-refractivity contribution in [2.24, 2.45) is 5.92 Å². The molecule has 0 saturated heterocycles. The molecule has 1 heterocycles. The number of rotatable bonds is 9. The molecule has 6 heteroatoms. The zero-order valence-corrected chi connectivity index (χ0v) is 17.3. The molecule has 0 bridgehead atoms. The Morgan fingerprint density at radius 3 is 2.42 bits per heavy atom. The van der Waals surface area contributed by atoms with Crippen molar-refractivity contribution in [1.29, 1.82) is 0 Å². The third-order valence-corrected chi connectivity index (χ3v) is 4.80. The summed E-state index contributed by atoms with van der Waals surface area (Å²) < 4.78 is 5.20. The van der Waals surface area contributed by atoms with Crippen molar-refractivity contribution < 1.29 is 14.6 Å². The maximum absolute atomic E-state index is 11.3. The van der Waals surface area contributed by atoms with Crippen LogP contribution in [0.3, 0.4) is 0 Å². The number of carboxylic acid groups (broad SMARTS) is 1. The Morgan fingerprint density at radius 2 is 1.92 bits per heavy atom. The fraction of sp³-hybridized carbons (Fsp3) is 0.550. The average Bonchev–Trinajstić information content (AvgIpc) is 2.62. The van der Waals surface area contributed by atoms with Crippen LogP contribution in [0.5, 0.6) is 5.75 Å². The lowest BCUT2D eigenvalue weighted by molar-refractivity contribution is -0.142. The Balaban J connectivity index is 0.00000312. The molecule has 0 saturated carbocycles. The number of methoxy groups -OCH3 is 1. The Morgan fingerprint density at radius 1 is 1.23 bits per heavy atom. The lowest BCUT2D eigenvalue weighted by Gasteiger charge is -2.27. The number of hydrogen-bond acceptors (Lipinski definition) is 3. The van der Waals surface area contributed by atoms with Crippen LogP contribution in [0.25, 0.3) is 5.57 Å². The van der Waals surface area contributed by atoms with Gasteiger partial charge in [-0.05, 0) is 49.1 Å². The van der Waals surface area contributed by atoms with Crippen molar-refractivity contribution in [3.63, 3.8) is 0 Å². The van der Waals surface area contributed by atoms with Gasteiger partial charge in [0.1, 0.15) is 5.75 Å². The van der Waals surface area contributed by atoms with Crippen molar-refractivity contribution in [2.75, 3.05) is 26.7 Å². The highest BCUT2D eigenvalue weighted by Crippen LogP contribution is 2.25. The predicted octanol–water partition coefficient (Wildman–Crippen LogP) is 4.91. The number of nitrogens with zero attached hydrogens (tertiary/aromatic N) is 1. The number of halogens is 2. The molecule has 0 spiro atoms. The average molecular weight is 404 g/mol. The maximum Gasteiger partial charge on any atom is 0.306 e. The van der Waals surface area contributed by atoms with Crippen molar-refractivity contribution >= 4 is 36.4 Å². The standard InChI is InChI=1S/C20H29NO3.2ClH/c1-3-4-5-18(20(22)23)12-15-21-13-10-17(11-14-21)16-6-8-19(24-2)9-7-16;;/h6-10,18H,3-5,11-15H2,1-2H3,(H,22,23);2*1H. The van der Waals surface area contributed by atoms with Crippen LogP contribution in [0.2, 0.25) is 0 Å². The summed E-state index contributed by atoms with van der Waals surface area (Å²) in [5.41, 5.74) is 2.62. The fourth-order valence-corrected chi connectivity index (χ4v) is 3.16. The first-order valence-corrected chi connectivity index (χ1v) is 8.92. The van der Waals surface area contributed by atoms with Crippen LogP contribution in [0.4, 0.5) is 0 Å². The Labute approximate surface area is 169 Å². The molecular formula is C20H31Cl2NO3. The lowest BCUT2D eigenvalue weighted by atomic mass is 9.96. The minimum Gasteiger partial charge on any atom is -0.497 e. The molecule has 2 rings (SSSR count). The van der Waals surface area contributed by atoms with E-state index in [1.165, 1.54) is 11.1 Å². The number of carbonyl (C=O) groups is 1. The molecule has 26 heavy (non-hydrogen) atoms. The highest BCUT2D eigenvalue weighted by molar-refractivity contribution is 5.85. The molecule has 1 N–H and O–H groups in total. The number of benzene rings is 1. The number of unbranched alkanes of at least 4 members (excludes halogenated alkanes) is 1. The van der Waals surface area contributed by atoms with E-state index in [9.17, 15) is 9.90 Å². The van der Waals surface area contributed by atoms with Crippen molar-refractivity contribution in [3.05, 3.63) is 35.9 Å². The summed E-state index contributed by atoms with van der Waals surface area (Å²) in [6.45, 7) is 4.88. The van der Waals surface area contributed by atoms with E-state index in [-0.39, 0.29) is 30.7 Å². The Kier molecular flexibility index (Phi) is 12.4. The molecule has 1 unspecified atom stereocenters. The summed E-state index contributed by atoms with van der Waals surface area (Å²) in [5.74, 6) is 0.0374. The summed E-state index contributed by atoms with van der Waals surface area (Å²) in [6, 6.07) is 8.19. The van der Waals surface area contributed by atoms with Crippen LogP contribution < -0.4 is 4.74 Å². The predicted molar refractivity (Wildman–Crippen MR) is 112 cm³/mol. The molecule has 0 aliphatic carbocycles. The van der Waals surface area contributed by atoms with Crippen molar-refractivity contribution in [1.82, 2.24) is 4.90 Å². The van der Waals surface area contributed by atoms with E-state index in [2.05, 4.69) is 30.0 Å². The number of ether oxygens (including phenoxy) is 1. The largest absolute Gasteiger partial charge is 0.497 e. The van der Waals surface area contributed by atoms with Crippen LogP contribution in [0.1, 0.15) is 44.6 Å². The molecule has 0 fully saturated rings. The summed E-state index contributed by atoms with van der Waals surface area (Å²) in [7, 11) is 1.68. The molecule has 1 aliphatic heterocycles. The van der Waals surface area contributed by atoms with Crippen LogP contribution >= 0.6 is 24.8 Å². The molecule has 0 radical (unpaired) electrons. The lowest BCUT2D eigenvalue weighted by Crippen LogP contribution is -2.31. The first kappa shape index (κ1) is 24.8. The molecule has 1 aromatic carbocycles. The smallest absolute Gasteiger partial charge is 0.306 e. The van der Waals surface area contributed by atoms with Gasteiger partial charge in [0.25, 0.3) is 0 Å². The van der Waals surface area contributed by atoms with Gasteiger partial charge < -0.3 is 9.84 Å². The van der Waals surface area contributed by atoms with Crippen LogP contribution in [0, 0.1) is 5.92 Å². The first-order chi connectivity index (χ1) is 11.6. The minimum absolute atomic E-state index is 0. The summed E-state index contributed by atoms with van der Waals surface area (Å²) in [4.78, 5) is 13.7. The van der Waals surface area contributed by atoms with Crippen molar-refractivity contribution in [2.45, 2.75) is 39.0 Å². The SMILES string of the molecule is CCCCC(CCN1CC=C(c2ccc(OC)cc2)CC1)C(=O)O.Cl.Cl. The second-order valence-electron chi connectivity index (χ2n) is 6.47. The second kappa shape index (κ2) is 13.0. The highest BCUT2D eigenvalue weighted by Gasteiger charge is 2.19. The molecule has 148 valence electrons. The van der Waals surface area contributed by atoms with Gasteiger partial charge in [-0.2, -0.15) is 0 Å². The van der Waals surface area contributed by atoms with Gasteiger partial charge in [0, 0.05) is 13.1 Å². The number of aliphatic carboxylic acids is 1. The van der Waals surface area contributed by atoms with Gasteiger partial charge >= 0.3 is 5.97 Å². The monoisotopic (exact) mass is 403 g/mol. The molecule has 0 amide bonds. The first-order valence-electron chi connectivity index (χ1n) is 8.92. The van der Waals surface area contributed by atoms with E-state index in [1.807, 2.05) is 12.1 Å². The second-order valence-corrected chi connectivity index (χ2v) is 6.47. The number of carboxylic acids is 1. The van der Waals surface area contributed by atoms with Gasteiger partial charge in [0.05, 0.1) is 13.0 Å². The van der Waals surface area contributed by atoms with Crippen LogP contribution in [-0.2, 0) is 4.79 Å². The van der Waals surface area contributed by atoms with Gasteiger partial charge in [0.2, 0.25) is 0 Å². The normalized spacial score (nSPS) is 15.2. The summed E-state index contributed by atoms with van der Waals surface area (Å²) in [5, 5.41) is 9.32. The molecule has 1 atom stereocenters. The maximum atomic E-state index is 11.3. The van der Waals surface area contributed by atoms with Gasteiger partial charge in [0.15, 0.2) is 0 Å². The topological polar surface area (TPSA) is 49.8 Å². The zero-order chi connectivity index (χ0) is 17.4. The third-order valence-electron chi connectivity index (χ3n) is 4.80. The van der Waals surface area contributed by atoms with Gasteiger partial charge in [-0.25, -0.2) is 0 Å². The molecule has 1 aromatic rings. The third kappa shape index (κ3) is 7.56. The van der Waals surface area contributed by atoms with E-state index >= 15 is 0 Å².